The predicted octanol–water partition coefficient (Wildman–Crippen LogP) is 6.79. The molecule has 0 aliphatic carbocycles. The molecule has 10 rings (SSSR count). The number of H-pyrrole nitrogens is 1. The van der Waals surface area contributed by atoms with E-state index in [2.05, 4.69) is 83.8 Å². The van der Waals surface area contributed by atoms with Gasteiger partial charge in [0.1, 0.15) is 5.75 Å². The summed E-state index contributed by atoms with van der Waals surface area (Å²) in [5.74, 6) is 3.63. The van der Waals surface area contributed by atoms with Gasteiger partial charge < -0.3 is 23.8 Å². The largest absolute Gasteiger partial charge is 0.500 e. The molecule has 1 N–H and O–H groups in total. The molecule has 8 nitrogen and oxygen atoms in total. The lowest BCUT2D eigenvalue weighted by molar-refractivity contribution is -0.116. The molecule has 0 spiro atoms. The van der Waals surface area contributed by atoms with Crippen LogP contribution in [0, 0.1) is 23.7 Å². The van der Waals surface area contributed by atoms with Crippen molar-refractivity contribution in [2.45, 2.75) is 70.1 Å². The van der Waals surface area contributed by atoms with Gasteiger partial charge in [0.15, 0.2) is 5.78 Å². The van der Waals surface area contributed by atoms with Gasteiger partial charge in [-0.05, 0) is 99.9 Å². The van der Waals surface area contributed by atoms with E-state index in [1.54, 1.807) is 25.9 Å². The Kier molecular flexibility index (Phi) is 6.77. The van der Waals surface area contributed by atoms with E-state index in [1.165, 1.54) is 44.4 Å². The standard InChI is InChI=1S/C42H48N4O4/c1-21(47)31-18-49-19-32-27(31)13-38-41-29(15-36(32)44(38)3)28-12-23(40(48-6)17-34(28)43-41)11-25-22(2)50-20-33-26(25)14-39-42-30(16-37(33)45(39)4)24-9-7-8-10-35(24)46(42)5/h7-10,12,17-18,26-27,32-33,36-39,43H,11,13-16,19-20H2,1-6H3. The van der Waals surface area contributed by atoms with Gasteiger partial charge in [0, 0.05) is 82.2 Å². The summed E-state index contributed by atoms with van der Waals surface area (Å²) in [6.45, 7) is 5.33. The first-order valence-electron chi connectivity index (χ1n) is 18.6. The Balaban J connectivity index is 1.02. The van der Waals surface area contributed by atoms with E-state index in [0.29, 0.717) is 42.5 Å². The number of hydrogen-bond acceptors (Lipinski definition) is 6. The van der Waals surface area contributed by atoms with E-state index >= 15 is 0 Å². The molecule has 2 aromatic carbocycles. The second-order valence-corrected chi connectivity index (χ2v) is 16.1. The van der Waals surface area contributed by atoms with E-state index in [1.807, 2.05) is 0 Å². The number of rotatable bonds is 4. The summed E-state index contributed by atoms with van der Waals surface area (Å²) in [4.78, 5) is 21.7. The molecule has 4 aromatic rings. The van der Waals surface area contributed by atoms with Gasteiger partial charge in [-0.2, -0.15) is 0 Å². The van der Waals surface area contributed by atoms with Crippen molar-refractivity contribution in [3.05, 3.63) is 87.6 Å². The Morgan fingerprint density at radius 2 is 1.68 bits per heavy atom. The van der Waals surface area contributed by atoms with Gasteiger partial charge >= 0.3 is 0 Å². The van der Waals surface area contributed by atoms with Crippen LogP contribution in [0.1, 0.15) is 66.9 Å². The molecule has 8 heterocycles. The van der Waals surface area contributed by atoms with E-state index < -0.39 is 0 Å². The SMILES string of the molecule is COc1cc2[nH]c3c(c2cc1CC1=C(C)OCC2C1CC1c4c(c5ccccc5n4C)CC2N1C)CC1C2COC=C(C(C)=O)C2CC3N1C. The highest BCUT2D eigenvalue weighted by Gasteiger charge is 2.51. The molecule has 50 heavy (non-hydrogen) atoms. The molecule has 0 radical (unpaired) electrons. The zero-order chi connectivity index (χ0) is 34.2. The van der Waals surface area contributed by atoms with Crippen LogP contribution in [0.3, 0.4) is 0 Å². The molecule has 6 aliphatic rings. The Morgan fingerprint density at radius 1 is 0.940 bits per heavy atom. The Bertz CT molecular complexity index is 2150. The minimum Gasteiger partial charge on any atom is -0.500 e. The highest BCUT2D eigenvalue weighted by molar-refractivity contribution is 5.94. The van der Waals surface area contributed by atoms with Crippen LogP contribution in [0.15, 0.2) is 59.6 Å². The van der Waals surface area contributed by atoms with Gasteiger partial charge in [0.2, 0.25) is 0 Å². The third kappa shape index (κ3) is 4.15. The number of allylic oxidation sites excluding steroid dienone is 3. The average Bonchev–Trinajstić information content (AvgIpc) is 3.59. The van der Waals surface area contributed by atoms with Crippen molar-refractivity contribution in [2.75, 3.05) is 34.4 Å². The number of benzene rings is 2. The number of likely N-dealkylation sites (N-methyl/N-ethyl adjacent to an activating group) is 2. The molecule has 0 amide bonds. The first-order valence-corrected chi connectivity index (χ1v) is 18.6. The number of nitrogens with one attached hydrogen (secondary N) is 1. The van der Waals surface area contributed by atoms with Crippen molar-refractivity contribution in [1.29, 1.82) is 0 Å². The first kappa shape index (κ1) is 30.8. The number of para-hydroxylation sites is 1. The smallest absolute Gasteiger partial charge is 0.159 e. The van der Waals surface area contributed by atoms with Crippen LogP contribution >= 0.6 is 0 Å². The topological polar surface area (TPSA) is 72.0 Å². The number of methoxy groups -OCH3 is 1. The summed E-state index contributed by atoms with van der Waals surface area (Å²) in [5, 5.41) is 2.73. The molecule has 260 valence electrons. The number of hydrogen-bond donors (Lipinski definition) is 1. The highest BCUT2D eigenvalue weighted by atomic mass is 16.5. The Hall–Kier alpha value is -4.01. The first-order chi connectivity index (χ1) is 24.2. The van der Waals surface area contributed by atoms with Gasteiger partial charge in [-0.15, -0.1) is 0 Å². The van der Waals surface area contributed by atoms with Crippen molar-refractivity contribution >= 4 is 27.6 Å². The monoisotopic (exact) mass is 672 g/mol. The number of ether oxygens (including phenoxy) is 3. The third-order valence-electron chi connectivity index (χ3n) is 14.2. The lowest BCUT2D eigenvalue weighted by Crippen LogP contribution is -2.55. The second-order valence-electron chi connectivity index (χ2n) is 16.1. The maximum absolute atomic E-state index is 12.6. The third-order valence-corrected chi connectivity index (χ3v) is 14.2. The van der Waals surface area contributed by atoms with E-state index in [4.69, 9.17) is 14.2 Å². The van der Waals surface area contributed by atoms with Crippen molar-refractivity contribution < 1.29 is 19.0 Å². The Morgan fingerprint density at radius 3 is 2.48 bits per heavy atom. The van der Waals surface area contributed by atoms with Crippen LogP contribution < -0.4 is 4.74 Å². The summed E-state index contributed by atoms with van der Waals surface area (Å²) in [7, 11) is 8.66. The molecule has 8 unspecified atom stereocenters. The van der Waals surface area contributed by atoms with Crippen LogP contribution in [0.5, 0.6) is 5.75 Å². The number of Topliss-reactive ketones (excluding diaryl/α,β-unsaturated/α-hetero) is 1. The second kappa shape index (κ2) is 11.0. The fourth-order valence-corrected chi connectivity index (χ4v) is 11.6. The molecule has 0 saturated carbocycles. The number of piperidine rings is 2. The maximum atomic E-state index is 12.6. The fourth-order valence-electron chi connectivity index (χ4n) is 11.6. The van der Waals surface area contributed by atoms with Crippen LogP contribution in [-0.2, 0) is 40.6 Å². The zero-order valence-corrected chi connectivity index (χ0v) is 30.1. The number of aryl methyl sites for hydroxylation is 1. The molecule has 2 saturated heterocycles. The van der Waals surface area contributed by atoms with Gasteiger partial charge in [0.05, 0.1) is 44.4 Å². The van der Waals surface area contributed by atoms with Crippen LogP contribution in [0.2, 0.25) is 0 Å². The van der Waals surface area contributed by atoms with E-state index in [0.717, 1.165) is 61.3 Å². The number of carbonyl (C=O) groups excluding carboxylic acids is 1. The lowest BCUT2D eigenvalue weighted by atomic mass is 9.66. The molecule has 8 heteroatoms. The average molecular weight is 673 g/mol. The number of aromatic amines is 1. The van der Waals surface area contributed by atoms with Gasteiger partial charge in [-0.3, -0.25) is 14.6 Å². The molecule has 2 aromatic heterocycles. The molecular formula is C42H48N4O4. The van der Waals surface area contributed by atoms with Gasteiger partial charge in [0.25, 0.3) is 0 Å². The number of carbonyl (C=O) groups is 1. The van der Waals surface area contributed by atoms with E-state index in [-0.39, 0.29) is 17.7 Å². The van der Waals surface area contributed by atoms with Crippen molar-refractivity contribution in [1.82, 2.24) is 19.4 Å². The summed E-state index contributed by atoms with van der Waals surface area (Å²) in [6, 6.07) is 15.0. The van der Waals surface area contributed by atoms with Crippen LogP contribution in [0.4, 0.5) is 0 Å². The quantitative estimate of drug-likeness (QED) is 0.258. The van der Waals surface area contributed by atoms with Crippen molar-refractivity contribution in [3.63, 3.8) is 0 Å². The molecule has 6 aliphatic heterocycles. The van der Waals surface area contributed by atoms with Crippen molar-refractivity contribution in [3.8, 4) is 5.75 Å². The maximum Gasteiger partial charge on any atom is 0.159 e. The summed E-state index contributed by atoms with van der Waals surface area (Å²) < 4.78 is 21.1. The van der Waals surface area contributed by atoms with Gasteiger partial charge in [-0.1, -0.05) is 18.2 Å². The summed E-state index contributed by atoms with van der Waals surface area (Å²) in [5.41, 5.74) is 11.8. The lowest BCUT2D eigenvalue weighted by Gasteiger charge is -2.53. The molecule has 2 fully saturated rings. The van der Waals surface area contributed by atoms with Crippen LogP contribution in [0.25, 0.3) is 21.8 Å². The minimum atomic E-state index is 0.137. The molecular weight excluding hydrogens is 624 g/mol. The Labute approximate surface area is 294 Å². The summed E-state index contributed by atoms with van der Waals surface area (Å²) in [6.07, 6.45) is 6.61. The van der Waals surface area contributed by atoms with E-state index in [9.17, 15) is 4.79 Å². The molecule has 8 atom stereocenters. The fraction of sp³-hybridized carbons (Fsp3) is 0.500. The molecule has 4 bridgehead atoms. The van der Waals surface area contributed by atoms with Crippen LogP contribution in [-0.4, -0.2) is 71.6 Å². The minimum absolute atomic E-state index is 0.137. The number of fused-ring (bicyclic) bond motifs is 16. The number of ketones is 1. The zero-order valence-electron chi connectivity index (χ0n) is 30.1. The summed E-state index contributed by atoms with van der Waals surface area (Å²) >= 11 is 0. The number of aromatic nitrogens is 2. The van der Waals surface area contributed by atoms with Crippen molar-refractivity contribution in [2.24, 2.45) is 30.7 Å². The predicted molar refractivity (Wildman–Crippen MR) is 194 cm³/mol. The highest BCUT2D eigenvalue weighted by Crippen LogP contribution is 2.54. The normalized spacial score (nSPS) is 31.7. The van der Waals surface area contributed by atoms with Gasteiger partial charge in [-0.25, -0.2) is 0 Å². The number of nitrogens with zero attached hydrogens (tertiary/aromatic N) is 3.